The highest BCUT2D eigenvalue weighted by molar-refractivity contribution is 7.17. The Morgan fingerprint density at radius 1 is 1.26 bits per heavy atom. The first-order valence-electron chi connectivity index (χ1n) is 8.31. The molecule has 0 saturated carbocycles. The lowest BCUT2D eigenvalue weighted by Crippen LogP contribution is -2.30. The highest BCUT2D eigenvalue weighted by Crippen LogP contribution is 2.37. The predicted octanol–water partition coefficient (Wildman–Crippen LogP) is 3.94. The molecule has 1 aliphatic heterocycles. The number of pyridine rings is 1. The standard InChI is InChI=1S/C18H25N3OS/c1-18(2,3)13-10-14(21-8-6-5-7-9-21)20-15-12(17(22)19-4)11-23-16(13)15/h10-11H,5-9H2,1-4H3,(H,19,22). The van der Waals surface area contributed by atoms with Gasteiger partial charge in [0.25, 0.3) is 5.91 Å². The average molecular weight is 331 g/mol. The number of anilines is 1. The van der Waals surface area contributed by atoms with Crippen LogP contribution in [0.2, 0.25) is 0 Å². The van der Waals surface area contributed by atoms with Crippen LogP contribution in [0.25, 0.3) is 10.2 Å². The van der Waals surface area contributed by atoms with Crippen molar-refractivity contribution in [2.75, 3.05) is 25.0 Å². The van der Waals surface area contributed by atoms with Crippen molar-refractivity contribution in [1.82, 2.24) is 10.3 Å². The van der Waals surface area contributed by atoms with Gasteiger partial charge in [-0.05, 0) is 36.3 Å². The van der Waals surface area contributed by atoms with Gasteiger partial charge in [0.2, 0.25) is 0 Å². The minimum Gasteiger partial charge on any atom is -0.357 e. The van der Waals surface area contributed by atoms with Crippen LogP contribution in [0.1, 0.15) is 56.0 Å². The zero-order valence-electron chi connectivity index (χ0n) is 14.4. The Bertz CT molecular complexity index is 724. The molecule has 0 spiro atoms. The highest BCUT2D eigenvalue weighted by Gasteiger charge is 2.25. The monoisotopic (exact) mass is 331 g/mol. The third-order valence-corrected chi connectivity index (χ3v) is 5.47. The largest absolute Gasteiger partial charge is 0.357 e. The molecule has 5 heteroatoms. The fourth-order valence-electron chi connectivity index (χ4n) is 3.13. The molecule has 0 aromatic carbocycles. The van der Waals surface area contributed by atoms with Crippen molar-refractivity contribution in [3.8, 4) is 0 Å². The number of hydrogen-bond acceptors (Lipinski definition) is 4. The Hall–Kier alpha value is -1.62. The number of rotatable bonds is 2. The second kappa shape index (κ2) is 6.11. The van der Waals surface area contributed by atoms with Gasteiger partial charge in [-0.3, -0.25) is 4.79 Å². The summed E-state index contributed by atoms with van der Waals surface area (Å²) >= 11 is 1.62. The third-order valence-electron chi connectivity index (χ3n) is 4.47. The van der Waals surface area contributed by atoms with Gasteiger partial charge in [-0.15, -0.1) is 11.3 Å². The molecule has 1 N–H and O–H groups in total. The van der Waals surface area contributed by atoms with Crippen molar-refractivity contribution in [3.63, 3.8) is 0 Å². The van der Waals surface area contributed by atoms with E-state index < -0.39 is 0 Å². The summed E-state index contributed by atoms with van der Waals surface area (Å²) in [5.74, 6) is 0.963. The van der Waals surface area contributed by atoms with Crippen molar-refractivity contribution in [3.05, 3.63) is 22.6 Å². The second-order valence-electron chi connectivity index (χ2n) is 7.23. The number of aromatic nitrogens is 1. The minimum absolute atomic E-state index is 0.0243. The molecule has 1 aliphatic rings. The molecule has 1 saturated heterocycles. The van der Waals surface area contributed by atoms with Crippen molar-refractivity contribution >= 4 is 33.3 Å². The van der Waals surface area contributed by atoms with Crippen molar-refractivity contribution in [2.24, 2.45) is 0 Å². The molecule has 4 nitrogen and oxygen atoms in total. The Balaban J connectivity index is 2.19. The molecule has 124 valence electrons. The normalized spacial score (nSPS) is 15.9. The number of hydrogen-bond donors (Lipinski definition) is 1. The van der Waals surface area contributed by atoms with E-state index in [4.69, 9.17) is 4.98 Å². The van der Waals surface area contributed by atoms with E-state index in [1.165, 1.54) is 24.8 Å². The van der Waals surface area contributed by atoms with Gasteiger partial charge in [0.1, 0.15) is 5.82 Å². The quantitative estimate of drug-likeness (QED) is 0.906. The first-order valence-corrected chi connectivity index (χ1v) is 9.19. The molecule has 3 heterocycles. The molecule has 1 amide bonds. The molecule has 0 radical (unpaired) electrons. The number of thiophene rings is 1. The summed E-state index contributed by atoms with van der Waals surface area (Å²) in [6, 6.07) is 2.23. The van der Waals surface area contributed by atoms with Crippen LogP contribution in [0, 0.1) is 0 Å². The van der Waals surface area contributed by atoms with E-state index in [1.54, 1.807) is 18.4 Å². The van der Waals surface area contributed by atoms with Gasteiger partial charge >= 0.3 is 0 Å². The SMILES string of the molecule is CNC(=O)c1csc2c(C(C)(C)C)cc(N3CCCCC3)nc12. The molecule has 0 bridgehead atoms. The summed E-state index contributed by atoms with van der Waals surface area (Å²) < 4.78 is 1.14. The summed E-state index contributed by atoms with van der Waals surface area (Å²) in [7, 11) is 1.67. The van der Waals surface area contributed by atoms with Crippen LogP contribution in [0.3, 0.4) is 0 Å². The van der Waals surface area contributed by atoms with Crippen LogP contribution < -0.4 is 10.2 Å². The lowest BCUT2D eigenvalue weighted by Gasteiger charge is -2.29. The molecule has 0 unspecified atom stereocenters. The molecule has 3 rings (SSSR count). The van der Waals surface area contributed by atoms with Gasteiger partial charge < -0.3 is 10.2 Å². The Labute approximate surface area is 141 Å². The van der Waals surface area contributed by atoms with E-state index >= 15 is 0 Å². The zero-order valence-corrected chi connectivity index (χ0v) is 15.2. The molecule has 1 fully saturated rings. The van der Waals surface area contributed by atoms with Gasteiger partial charge in [0, 0.05) is 25.5 Å². The highest BCUT2D eigenvalue weighted by atomic mass is 32.1. The number of fused-ring (bicyclic) bond motifs is 1. The van der Waals surface area contributed by atoms with Gasteiger partial charge in [-0.1, -0.05) is 20.8 Å². The number of piperidine rings is 1. The summed E-state index contributed by atoms with van der Waals surface area (Å²) in [6.07, 6.45) is 3.74. The van der Waals surface area contributed by atoms with E-state index in [2.05, 4.69) is 37.1 Å². The van der Waals surface area contributed by atoms with Gasteiger partial charge in [-0.25, -0.2) is 4.98 Å². The number of carbonyl (C=O) groups is 1. The summed E-state index contributed by atoms with van der Waals surface area (Å²) in [5, 5.41) is 4.67. The van der Waals surface area contributed by atoms with Crippen LogP contribution in [-0.4, -0.2) is 31.0 Å². The van der Waals surface area contributed by atoms with E-state index in [0.29, 0.717) is 5.56 Å². The maximum atomic E-state index is 12.2. The van der Waals surface area contributed by atoms with Crippen molar-refractivity contribution < 1.29 is 4.79 Å². The topological polar surface area (TPSA) is 45.2 Å². The van der Waals surface area contributed by atoms with E-state index in [0.717, 1.165) is 29.1 Å². The molecule has 2 aromatic heterocycles. The number of amides is 1. The number of nitrogens with zero attached hydrogens (tertiary/aromatic N) is 2. The third kappa shape index (κ3) is 3.07. The lowest BCUT2D eigenvalue weighted by molar-refractivity contribution is 0.0965. The summed E-state index contributed by atoms with van der Waals surface area (Å²) in [4.78, 5) is 19.4. The minimum atomic E-state index is -0.0561. The van der Waals surface area contributed by atoms with E-state index in [9.17, 15) is 4.79 Å². The number of carbonyl (C=O) groups excluding carboxylic acids is 1. The van der Waals surface area contributed by atoms with Crippen LogP contribution in [0.5, 0.6) is 0 Å². The maximum Gasteiger partial charge on any atom is 0.254 e. The first kappa shape index (κ1) is 16.2. The lowest BCUT2D eigenvalue weighted by atomic mass is 9.87. The molecule has 0 aliphatic carbocycles. The molecular weight excluding hydrogens is 306 g/mol. The van der Waals surface area contributed by atoms with Gasteiger partial charge in [-0.2, -0.15) is 0 Å². The zero-order chi connectivity index (χ0) is 16.6. The van der Waals surface area contributed by atoms with Crippen LogP contribution in [0.4, 0.5) is 5.82 Å². The molecule has 23 heavy (non-hydrogen) atoms. The van der Waals surface area contributed by atoms with E-state index in [1.807, 2.05) is 5.38 Å². The molecular formula is C18H25N3OS. The predicted molar refractivity (Wildman–Crippen MR) is 97.8 cm³/mol. The van der Waals surface area contributed by atoms with Crippen LogP contribution >= 0.6 is 11.3 Å². The van der Waals surface area contributed by atoms with Crippen LogP contribution in [0.15, 0.2) is 11.4 Å². The maximum absolute atomic E-state index is 12.2. The Morgan fingerprint density at radius 3 is 2.57 bits per heavy atom. The fourth-order valence-corrected chi connectivity index (χ4v) is 4.35. The molecule has 0 atom stereocenters. The summed E-state index contributed by atoms with van der Waals surface area (Å²) in [6.45, 7) is 8.78. The van der Waals surface area contributed by atoms with E-state index in [-0.39, 0.29) is 11.3 Å². The Kier molecular flexibility index (Phi) is 4.32. The van der Waals surface area contributed by atoms with Gasteiger partial charge in [0.05, 0.1) is 15.8 Å². The van der Waals surface area contributed by atoms with Crippen molar-refractivity contribution in [1.29, 1.82) is 0 Å². The first-order chi connectivity index (χ1) is 10.9. The number of nitrogens with one attached hydrogen (secondary N) is 1. The smallest absolute Gasteiger partial charge is 0.254 e. The summed E-state index contributed by atoms with van der Waals surface area (Å²) in [5.41, 5.74) is 2.85. The van der Waals surface area contributed by atoms with Crippen molar-refractivity contribution in [2.45, 2.75) is 45.4 Å². The second-order valence-corrected chi connectivity index (χ2v) is 8.11. The van der Waals surface area contributed by atoms with Gasteiger partial charge in [0.15, 0.2) is 0 Å². The average Bonchev–Trinajstić information content (AvgIpc) is 2.97. The fraction of sp³-hybridized carbons (Fsp3) is 0.556. The molecule has 2 aromatic rings. The van der Waals surface area contributed by atoms with Crippen LogP contribution in [-0.2, 0) is 5.41 Å². The Morgan fingerprint density at radius 2 is 1.96 bits per heavy atom.